The Morgan fingerprint density at radius 1 is 0.889 bits per heavy atom. The van der Waals surface area contributed by atoms with Crippen LogP contribution in [-0.4, -0.2) is 85.0 Å². The summed E-state index contributed by atoms with van der Waals surface area (Å²) in [6.07, 6.45) is 19.4. The summed E-state index contributed by atoms with van der Waals surface area (Å²) in [4.78, 5) is 20.3. The van der Waals surface area contributed by atoms with Crippen LogP contribution in [-0.2, 0) is 0 Å². The highest BCUT2D eigenvalue weighted by Gasteiger charge is 2.62. The molecule has 0 amide bonds. The summed E-state index contributed by atoms with van der Waals surface area (Å²) in [5.41, 5.74) is 1.94. The van der Waals surface area contributed by atoms with Crippen LogP contribution in [0, 0.1) is 40.4 Å². The molecule has 8 atom stereocenters. The molecule has 4 aliphatic carbocycles. The van der Waals surface area contributed by atoms with Gasteiger partial charge in [0.1, 0.15) is 11.6 Å². The van der Waals surface area contributed by atoms with Gasteiger partial charge in [0.25, 0.3) is 0 Å². The van der Waals surface area contributed by atoms with E-state index >= 15 is 0 Å². The summed E-state index contributed by atoms with van der Waals surface area (Å²) in [6, 6.07) is 2.27. The molecule has 3 saturated heterocycles. The molecule has 8 rings (SSSR count). The molecule has 6 fully saturated rings. The van der Waals surface area contributed by atoms with E-state index in [1.807, 2.05) is 0 Å². The van der Waals surface area contributed by atoms with E-state index < -0.39 is 0 Å². The van der Waals surface area contributed by atoms with Crippen LogP contribution in [0.4, 0.5) is 17.6 Å². The molecule has 0 radical (unpaired) electrons. The van der Waals surface area contributed by atoms with Crippen LogP contribution in [0.2, 0.25) is 0 Å². The van der Waals surface area contributed by atoms with Crippen molar-refractivity contribution in [3.8, 4) is 0 Å². The van der Waals surface area contributed by atoms with Crippen LogP contribution in [0.5, 0.6) is 0 Å². The molecule has 1 aromatic heterocycles. The minimum atomic E-state index is -0.187. The molecule has 0 bridgehead atoms. The van der Waals surface area contributed by atoms with Crippen molar-refractivity contribution in [1.29, 1.82) is 0 Å². The van der Waals surface area contributed by atoms with Crippen molar-refractivity contribution in [2.75, 3.05) is 73.6 Å². The summed E-state index contributed by atoms with van der Waals surface area (Å²) < 4.78 is 0. The molecule has 7 heteroatoms. The summed E-state index contributed by atoms with van der Waals surface area (Å²) >= 11 is 0. The van der Waals surface area contributed by atoms with E-state index in [4.69, 9.17) is 9.97 Å². The molecule has 7 aliphatic rings. The highest BCUT2D eigenvalue weighted by molar-refractivity contribution is 5.56. The third kappa shape index (κ3) is 5.23. The van der Waals surface area contributed by atoms with Crippen molar-refractivity contribution >= 4 is 17.6 Å². The van der Waals surface area contributed by atoms with Gasteiger partial charge in [0.05, 0.1) is 6.10 Å². The largest absolute Gasteiger partial charge is 0.393 e. The maximum Gasteiger partial charge on any atom is 0.229 e. The second-order valence-corrected chi connectivity index (χ2v) is 16.5. The summed E-state index contributed by atoms with van der Waals surface area (Å²) in [5.74, 6) is 6.46. The number of fused-ring (bicyclic) bond motifs is 5. The average molecular weight is 615 g/mol. The van der Waals surface area contributed by atoms with E-state index in [2.05, 4.69) is 64.7 Å². The Labute approximate surface area is 272 Å². The SMILES string of the molecule is C[C@@H]1C[C@H]2[C@@H]3CCC4=CCC=C[C@]4(C)[C@H]3[C@H](O)C[C@]2(C)[C@H]1CCN1CCN(c2cc(N3CCCC3)nc(N3CCCC3)n2)CC1. The van der Waals surface area contributed by atoms with E-state index in [0.29, 0.717) is 17.8 Å². The van der Waals surface area contributed by atoms with Crippen molar-refractivity contribution in [3.05, 3.63) is 29.9 Å². The topological polar surface area (TPSA) is 59.0 Å². The van der Waals surface area contributed by atoms with Gasteiger partial charge in [0.15, 0.2) is 0 Å². The van der Waals surface area contributed by atoms with Crippen LogP contribution < -0.4 is 14.7 Å². The molecule has 45 heavy (non-hydrogen) atoms. The lowest BCUT2D eigenvalue weighted by Gasteiger charge is -2.59. The van der Waals surface area contributed by atoms with E-state index in [0.717, 1.165) is 94.6 Å². The van der Waals surface area contributed by atoms with Crippen molar-refractivity contribution in [3.63, 3.8) is 0 Å². The summed E-state index contributed by atoms with van der Waals surface area (Å²) in [6.45, 7) is 17.5. The third-order valence-corrected chi connectivity index (χ3v) is 14.1. The number of anilines is 3. The Morgan fingerprint density at radius 3 is 2.27 bits per heavy atom. The molecule has 3 saturated carbocycles. The quantitative estimate of drug-likeness (QED) is 0.386. The zero-order valence-corrected chi connectivity index (χ0v) is 28.3. The van der Waals surface area contributed by atoms with Gasteiger partial charge in [0, 0.05) is 69.8 Å². The third-order valence-electron chi connectivity index (χ3n) is 14.1. The highest BCUT2D eigenvalue weighted by Crippen LogP contribution is 2.67. The molecular weight excluding hydrogens is 556 g/mol. The van der Waals surface area contributed by atoms with E-state index in [-0.39, 0.29) is 16.9 Å². The average Bonchev–Trinajstić information content (AvgIpc) is 3.82. The van der Waals surface area contributed by atoms with Crippen LogP contribution >= 0.6 is 0 Å². The first-order valence-electron chi connectivity index (χ1n) is 18.7. The first-order chi connectivity index (χ1) is 21.8. The molecule has 7 nitrogen and oxygen atoms in total. The maximum atomic E-state index is 11.9. The minimum Gasteiger partial charge on any atom is -0.393 e. The Morgan fingerprint density at radius 2 is 1.56 bits per heavy atom. The van der Waals surface area contributed by atoms with Gasteiger partial charge in [-0.1, -0.05) is 44.6 Å². The first-order valence-corrected chi connectivity index (χ1v) is 18.7. The maximum absolute atomic E-state index is 11.9. The van der Waals surface area contributed by atoms with Crippen molar-refractivity contribution < 1.29 is 5.11 Å². The van der Waals surface area contributed by atoms with Gasteiger partial charge in [-0.2, -0.15) is 9.97 Å². The van der Waals surface area contributed by atoms with Gasteiger partial charge >= 0.3 is 0 Å². The van der Waals surface area contributed by atoms with Gasteiger partial charge in [-0.05, 0) is 99.8 Å². The minimum absolute atomic E-state index is 0.0665. The molecule has 0 unspecified atom stereocenters. The fourth-order valence-electron chi connectivity index (χ4n) is 11.8. The normalized spacial score (nSPS) is 40.0. The number of aliphatic hydroxyl groups is 1. The molecule has 246 valence electrons. The van der Waals surface area contributed by atoms with Crippen LogP contribution in [0.15, 0.2) is 29.9 Å². The van der Waals surface area contributed by atoms with E-state index in [1.54, 1.807) is 5.57 Å². The molecule has 0 aromatic carbocycles. The number of allylic oxidation sites excluding steroid dienone is 4. The van der Waals surface area contributed by atoms with Crippen LogP contribution in [0.1, 0.15) is 85.0 Å². The highest BCUT2D eigenvalue weighted by atomic mass is 16.3. The summed E-state index contributed by atoms with van der Waals surface area (Å²) in [5, 5.41) is 11.9. The lowest BCUT2D eigenvalue weighted by atomic mass is 9.47. The Hall–Kier alpha value is -2.12. The lowest BCUT2D eigenvalue weighted by Crippen LogP contribution is -2.56. The van der Waals surface area contributed by atoms with Crippen LogP contribution in [0.25, 0.3) is 0 Å². The van der Waals surface area contributed by atoms with Gasteiger partial charge < -0.3 is 19.8 Å². The number of hydrogen-bond donors (Lipinski definition) is 1. The molecule has 1 aromatic rings. The standard InChI is InChI=1S/C38H58N6O/c1-27-24-31-29-12-11-28-10-4-5-14-37(28,2)35(29)32(45)26-38(31,3)30(27)13-19-41-20-22-43(23-21-41)34-25-33(42-15-6-7-16-42)39-36(40-34)44-17-8-9-18-44/h5,10,14,25,27,29-32,35,45H,4,6-9,11-13,15-24,26H2,1-3H3/t27-,29+,30+,31+,32-,35-,37+,38-/m1/s1. The number of hydrogen-bond acceptors (Lipinski definition) is 7. The zero-order chi connectivity index (χ0) is 30.8. The lowest BCUT2D eigenvalue weighted by molar-refractivity contribution is -0.116. The first kappa shape index (κ1) is 30.2. The molecule has 4 heterocycles. The fourth-order valence-corrected chi connectivity index (χ4v) is 11.8. The van der Waals surface area contributed by atoms with Gasteiger partial charge in [-0.25, -0.2) is 0 Å². The van der Waals surface area contributed by atoms with Crippen LogP contribution in [0.3, 0.4) is 0 Å². The number of nitrogens with zero attached hydrogens (tertiary/aromatic N) is 6. The molecule has 1 N–H and O–H groups in total. The van der Waals surface area contributed by atoms with Crippen molar-refractivity contribution in [2.24, 2.45) is 40.4 Å². The number of piperazine rings is 1. The fraction of sp³-hybridized carbons (Fsp3) is 0.789. The summed E-state index contributed by atoms with van der Waals surface area (Å²) in [7, 11) is 0. The monoisotopic (exact) mass is 614 g/mol. The van der Waals surface area contributed by atoms with Gasteiger partial charge in [0.2, 0.25) is 5.95 Å². The molecule has 3 aliphatic heterocycles. The van der Waals surface area contributed by atoms with E-state index in [1.165, 1.54) is 57.9 Å². The Bertz CT molecular complexity index is 1260. The van der Waals surface area contributed by atoms with Crippen molar-refractivity contribution in [2.45, 2.75) is 91.1 Å². The van der Waals surface area contributed by atoms with Gasteiger partial charge in [-0.15, -0.1) is 0 Å². The number of rotatable bonds is 6. The number of aliphatic hydroxyl groups excluding tert-OH is 1. The Kier molecular flexibility index (Phi) is 7.95. The second kappa shape index (κ2) is 11.8. The molecular formula is C38H58N6O. The molecule has 0 spiro atoms. The predicted octanol–water partition coefficient (Wildman–Crippen LogP) is 6.15. The Balaban J connectivity index is 0.921. The van der Waals surface area contributed by atoms with E-state index in [9.17, 15) is 5.11 Å². The number of aromatic nitrogens is 2. The van der Waals surface area contributed by atoms with Crippen molar-refractivity contribution in [1.82, 2.24) is 14.9 Å². The zero-order valence-electron chi connectivity index (χ0n) is 28.3. The smallest absolute Gasteiger partial charge is 0.229 e. The van der Waals surface area contributed by atoms with Gasteiger partial charge in [-0.3, -0.25) is 4.90 Å². The predicted molar refractivity (Wildman–Crippen MR) is 184 cm³/mol. The second-order valence-electron chi connectivity index (χ2n) is 16.5.